The van der Waals surface area contributed by atoms with Gasteiger partial charge in [0.2, 0.25) is 5.91 Å². The Morgan fingerprint density at radius 3 is 2.62 bits per heavy atom. The largest absolute Gasteiger partial charge is 0.355 e. The maximum Gasteiger partial charge on any atom is 0.230 e. The normalized spacial score (nSPS) is 15.4. The number of benzene rings is 1. The molecule has 0 unspecified atom stereocenters. The van der Waals surface area contributed by atoms with Crippen LogP contribution in [0.3, 0.4) is 0 Å². The molecule has 2 aromatic heterocycles. The lowest BCUT2D eigenvalue weighted by molar-refractivity contribution is -0.125. The minimum atomic E-state index is -0.597. The summed E-state index contributed by atoms with van der Waals surface area (Å²) in [5, 5.41) is 7.82. The van der Waals surface area contributed by atoms with E-state index in [1.807, 2.05) is 27.0 Å². The molecular formula is C27H36N4O. The zero-order valence-corrected chi connectivity index (χ0v) is 20.0. The maximum atomic E-state index is 13.2. The quantitative estimate of drug-likeness (QED) is 0.510. The molecule has 0 atom stereocenters. The molecule has 3 aromatic rings. The number of carbonyl (C=O) groups is 1. The number of aromatic amines is 1. The van der Waals surface area contributed by atoms with Crippen LogP contribution in [-0.2, 0) is 10.2 Å². The van der Waals surface area contributed by atoms with Crippen molar-refractivity contribution in [3.05, 3.63) is 53.3 Å². The molecule has 1 fully saturated rings. The van der Waals surface area contributed by atoms with Crippen molar-refractivity contribution < 1.29 is 4.79 Å². The molecule has 0 spiro atoms. The first-order valence-corrected chi connectivity index (χ1v) is 11.9. The standard InChI is InChI=1S/C27H36N4O/c1-17(2)24-22-15-21(27(4,5)26(32)30-16-19-8-11-28-12-9-19)6-7-23(22)31-25(24)20-10-13-29-18(3)14-20/h6-7,10,13-15,17,19,28,31H,8-9,11-12,16H2,1-5H3,(H,30,32). The molecule has 0 bridgehead atoms. The van der Waals surface area contributed by atoms with Gasteiger partial charge in [0, 0.05) is 34.9 Å². The van der Waals surface area contributed by atoms with Crippen molar-refractivity contribution in [3.63, 3.8) is 0 Å². The van der Waals surface area contributed by atoms with E-state index < -0.39 is 5.41 Å². The number of amides is 1. The fourth-order valence-electron chi connectivity index (χ4n) is 4.80. The summed E-state index contributed by atoms with van der Waals surface area (Å²) < 4.78 is 0. The van der Waals surface area contributed by atoms with Gasteiger partial charge in [-0.1, -0.05) is 19.9 Å². The molecule has 1 aromatic carbocycles. The Morgan fingerprint density at radius 2 is 1.94 bits per heavy atom. The van der Waals surface area contributed by atoms with Gasteiger partial charge < -0.3 is 15.6 Å². The molecule has 0 radical (unpaired) electrons. The van der Waals surface area contributed by atoms with Gasteiger partial charge in [-0.15, -0.1) is 0 Å². The highest BCUT2D eigenvalue weighted by Gasteiger charge is 2.31. The predicted octanol–water partition coefficient (Wildman–Crippen LogP) is 5.06. The number of nitrogens with one attached hydrogen (secondary N) is 3. The highest BCUT2D eigenvalue weighted by molar-refractivity contribution is 5.94. The molecule has 1 aliphatic heterocycles. The number of H-pyrrole nitrogens is 1. The highest BCUT2D eigenvalue weighted by Crippen LogP contribution is 2.37. The van der Waals surface area contributed by atoms with Crippen LogP contribution >= 0.6 is 0 Å². The molecule has 4 rings (SSSR count). The molecule has 1 amide bonds. The minimum absolute atomic E-state index is 0.0991. The zero-order chi connectivity index (χ0) is 22.9. The summed E-state index contributed by atoms with van der Waals surface area (Å²) in [5.74, 6) is 1.02. The number of carbonyl (C=O) groups excluding carboxylic acids is 1. The summed E-state index contributed by atoms with van der Waals surface area (Å²) in [7, 11) is 0. The second-order valence-electron chi connectivity index (χ2n) is 10.0. The van der Waals surface area contributed by atoms with Crippen molar-refractivity contribution in [2.45, 2.75) is 58.8 Å². The zero-order valence-electron chi connectivity index (χ0n) is 20.0. The van der Waals surface area contributed by atoms with Gasteiger partial charge in [-0.2, -0.15) is 0 Å². The Morgan fingerprint density at radius 1 is 1.19 bits per heavy atom. The lowest BCUT2D eigenvalue weighted by Crippen LogP contribution is -2.43. The Balaban J connectivity index is 1.66. The van der Waals surface area contributed by atoms with Gasteiger partial charge in [0.25, 0.3) is 0 Å². The van der Waals surface area contributed by atoms with E-state index in [4.69, 9.17) is 0 Å². The first kappa shape index (κ1) is 22.5. The van der Waals surface area contributed by atoms with Crippen LogP contribution in [0.4, 0.5) is 0 Å². The lowest BCUT2D eigenvalue weighted by atomic mass is 9.82. The third-order valence-electron chi connectivity index (χ3n) is 6.90. The number of fused-ring (bicyclic) bond motifs is 1. The van der Waals surface area contributed by atoms with Crippen LogP contribution in [0.25, 0.3) is 22.2 Å². The van der Waals surface area contributed by atoms with E-state index in [0.29, 0.717) is 11.8 Å². The monoisotopic (exact) mass is 432 g/mol. The summed E-state index contributed by atoms with van der Waals surface area (Å²) in [5.41, 5.74) is 6.14. The number of pyridine rings is 1. The Labute approximate surface area is 191 Å². The first-order chi connectivity index (χ1) is 15.3. The van der Waals surface area contributed by atoms with E-state index in [9.17, 15) is 4.79 Å². The van der Waals surface area contributed by atoms with Gasteiger partial charge in [-0.25, -0.2) is 0 Å². The van der Waals surface area contributed by atoms with Gasteiger partial charge >= 0.3 is 0 Å². The number of hydrogen-bond donors (Lipinski definition) is 3. The topological polar surface area (TPSA) is 69.8 Å². The first-order valence-electron chi connectivity index (χ1n) is 11.9. The van der Waals surface area contributed by atoms with Crippen molar-refractivity contribution >= 4 is 16.8 Å². The molecule has 1 saturated heterocycles. The predicted molar refractivity (Wildman–Crippen MR) is 132 cm³/mol. The smallest absolute Gasteiger partial charge is 0.230 e. The Hall–Kier alpha value is -2.66. The van der Waals surface area contributed by atoms with E-state index in [1.165, 1.54) is 10.9 Å². The average Bonchev–Trinajstić information content (AvgIpc) is 3.17. The van der Waals surface area contributed by atoms with Crippen molar-refractivity contribution in [2.75, 3.05) is 19.6 Å². The van der Waals surface area contributed by atoms with E-state index in [0.717, 1.165) is 60.5 Å². The summed E-state index contributed by atoms with van der Waals surface area (Å²) in [6.07, 6.45) is 4.12. The van der Waals surface area contributed by atoms with Crippen LogP contribution in [0.5, 0.6) is 0 Å². The van der Waals surface area contributed by atoms with Crippen molar-refractivity contribution in [1.29, 1.82) is 0 Å². The van der Waals surface area contributed by atoms with E-state index in [2.05, 4.69) is 64.8 Å². The van der Waals surface area contributed by atoms with Gasteiger partial charge in [0.1, 0.15) is 0 Å². The van der Waals surface area contributed by atoms with E-state index in [-0.39, 0.29) is 5.91 Å². The number of nitrogens with zero attached hydrogens (tertiary/aromatic N) is 1. The molecule has 5 heteroatoms. The summed E-state index contributed by atoms with van der Waals surface area (Å²) in [4.78, 5) is 21.2. The molecule has 5 nitrogen and oxygen atoms in total. The maximum absolute atomic E-state index is 13.2. The molecule has 3 N–H and O–H groups in total. The van der Waals surface area contributed by atoms with Crippen LogP contribution in [0.1, 0.15) is 63.3 Å². The van der Waals surface area contributed by atoms with Crippen LogP contribution < -0.4 is 10.6 Å². The molecule has 0 aliphatic carbocycles. The Kier molecular flexibility index (Phi) is 6.38. The second kappa shape index (κ2) is 9.07. The average molecular weight is 433 g/mol. The summed E-state index contributed by atoms with van der Waals surface area (Å²) >= 11 is 0. The molecule has 32 heavy (non-hydrogen) atoms. The van der Waals surface area contributed by atoms with E-state index >= 15 is 0 Å². The lowest BCUT2D eigenvalue weighted by Gasteiger charge is -2.28. The van der Waals surface area contributed by atoms with Crippen LogP contribution in [0.15, 0.2) is 36.5 Å². The number of rotatable bonds is 6. The van der Waals surface area contributed by atoms with Gasteiger partial charge in [-0.05, 0) is 93.9 Å². The molecule has 170 valence electrons. The van der Waals surface area contributed by atoms with Gasteiger partial charge in [-0.3, -0.25) is 9.78 Å². The van der Waals surface area contributed by atoms with Crippen molar-refractivity contribution in [2.24, 2.45) is 5.92 Å². The third-order valence-corrected chi connectivity index (χ3v) is 6.90. The van der Waals surface area contributed by atoms with Gasteiger partial charge in [0.05, 0.1) is 11.1 Å². The van der Waals surface area contributed by atoms with Crippen molar-refractivity contribution in [1.82, 2.24) is 20.6 Å². The molecule has 3 heterocycles. The fraction of sp³-hybridized carbons (Fsp3) is 0.481. The van der Waals surface area contributed by atoms with Crippen LogP contribution in [0, 0.1) is 12.8 Å². The van der Waals surface area contributed by atoms with E-state index in [1.54, 1.807) is 0 Å². The summed E-state index contributed by atoms with van der Waals surface area (Å²) in [6, 6.07) is 10.6. The minimum Gasteiger partial charge on any atom is -0.355 e. The SMILES string of the molecule is Cc1cc(-c2[nH]c3ccc(C(C)(C)C(=O)NCC4CCNCC4)cc3c2C(C)C)ccn1. The molecule has 1 aliphatic rings. The number of aryl methyl sites for hydroxylation is 1. The number of aromatic nitrogens is 2. The fourth-order valence-corrected chi connectivity index (χ4v) is 4.80. The van der Waals surface area contributed by atoms with Crippen molar-refractivity contribution in [3.8, 4) is 11.3 Å². The third kappa shape index (κ3) is 4.44. The number of hydrogen-bond acceptors (Lipinski definition) is 3. The second-order valence-corrected chi connectivity index (χ2v) is 10.0. The van der Waals surface area contributed by atoms with Crippen LogP contribution in [0.2, 0.25) is 0 Å². The molecular weight excluding hydrogens is 396 g/mol. The summed E-state index contributed by atoms with van der Waals surface area (Å²) in [6.45, 7) is 13.4. The highest BCUT2D eigenvalue weighted by atomic mass is 16.2. The van der Waals surface area contributed by atoms with Gasteiger partial charge in [0.15, 0.2) is 0 Å². The number of piperidine rings is 1. The molecule has 0 saturated carbocycles. The van der Waals surface area contributed by atoms with Crippen LogP contribution in [-0.4, -0.2) is 35.5 Å². The Bertz CT molecular complexity index is 1110.